The monoisotopic (exact) mass is 273 g/mol. The van der Waals surface area contributed by atoms with Crippen LogP contribution in [0, 0.1) is 5.92 Å². The summed E-state index contributed by atoms with van der Waals surface area (Å²) in [5.74, 6) is 0.524. The zero-order valence-electron chi connectivity index (χ0n) is 11.6. The summed E-state index contributed by atoms with van der Waals surface area (Å²) < 4.78 is 5.24. The third-order valence-electron chi connectivity index (χ3n) is 4.09. The Morgan fingerprint density at radius 1 is 1.50 bits per heavy atom. The van der Waals surface area contributed by atoms with Crippen LogP contribution >= 0.6 is 0 Å². The zero-order valence-corrected chi connectivity index (χ0v) is 11.6. The minimum atomic E-state index is 0.104. The normalized spacial score (nSPS) is 22.6. The molecule has 0 aliphatic carbocycles. The van der Waals surface area contributed by atoms with E-state index < -0.39 is 0 Å². The van der Waals surface area contributed by atoms with Crippen molar-refractivity contribution in [2.45, 2.75) is 25.8 Å². The van der Waals surface area contributed by atoms with E-state index in [2.05, 4.69) is 12.1 Å². The van der Waals surface area contributed by atoms with Crippen molar-refractivity contribution in [2.75, 3.05) is 13.1 Å². The number of benzene rings is 1. The molecule has 20 heavy (non-hydrogen) atoms. The Balaban J connectivity index is 1.76. The molecule has 2 atom stereocenters. The topological polar surface area (TPSA) is 72.4 Å². The van der Waals surface area contributed by atoms with Gasteiger partial charge in [0.25, 0.3) is 0 Å². The number of carbonyl (C=O) groups is 1. The zero-order chi connectivity index (χ0) is 14.1. The first-order valence-corrected chi connectivity index (χ1v) is 7.02. The lowest BCUT2D eigenvalue weighted by Crippen LogP contribution is -2.35. The number of nitrogens with two attached hydrogens (primary N) is 1. The molecule has 1 saturated heterocycles. The van der Waals surface area contributed by atoms with E-state index in [1.54, 1.807) is 0 Å². The molecule has 5 nitrogen and oxygen atoms in total. The summed E-state index contributed by atoms with van der Waals surface area (Å²) >= 11 is 0. The summed E-state index contributed by atoms with van der Waals surface area (Å²) in [6.07, 6.45) is 1.28. The average Bonchev–Trinajstić information content (AvgIpc) is 3.03. The molecule has 0 spiro atoms. The number of likely N-dealkylation sites (tertiary alicyclic amines) is 1. The Hall–Kier alpha value is -1.88. The first-order valence-electron chi connectivity index (χ1n) is 7.02. The second kappa shape index (κ2) is 5.25. The molecule has 3 rings (SSSR count). The smallest absolute Gasteiger partial charge is 0.228 e. The molecule has 5 heteroatoms. The number of carbonyl (C=O) groups excluding carboxylic acids is 1. The van der Waals surface area contributed by atoms with Gasteiger partial charge in [0, 0.05) is 18.0 Å². The minimum Gasteiger partial charge on any atom is -0.356 e. The largest absolute Gasteiger partial charge is 0.356 e. The van der Waals surface area contributed by atoms with Gasteiger partial charge in [0.15, 0.2) is 5.58 Å². The SMILES string of the molecule is CC1CC(CN)CN1C(=O)Cc1noc2ccccc12. The molecule has 0 radical (unpaired) electrons. The fourth-order valence-electron chi connectivity index (χ4n) is 2.97. The summed E-state index contributed by atoms with van der Waals surface area (Å²) in [7, 11) is 0. The Bertz CT molecular complexity index is 622. The highest BCUT2D eigenvalue weighted by atomic mass is 16.5. The standard InChI is InChI=1S/C15H19N3O2/c1-10-6-11(8-16)9-18(10)15(19)7-13-12-4-2-3-5-14(12)20-17-13/h2-5,10-11H,6-9,16H2,1H3. The molecule has 2 heterocycles. The van der Waals surface area contributed by atoms with Crippen molar-refractivity contribution in [2.24, 2.45) is 11.7 Å². The predicted molar refractivity (Wildman–Crippen MR) is 76.0 cm³/mol. The van der Waals surface area contributed by atoms with Crippen LogP contribution in [0.3, 0.4) is 0 Å². The first-order chi connectivity index (χ1) is 9.69. The van der Waals surface area contributed by atoms with Gasteiger partial charge in [-0.15, -0.1) is 0 Å². The van der Waals surface area contributed by atoms with E-state index in [1.165, 1.54) is 0 Å². The van der Waals surface area contributed by atoms with Crippen molar-refractivity contribution >= 4 is 16.9 Å². The lowest BCUT2D eigenvalue weighted by atomic mass is 10.1. The number of hydrogen-bond acceptors (Lipinski definition) is 4. The Morgan fingerprint density at radius 2 is 2.30 bits per heavy atom. The average molecular weight is 273 g/mol. The van der Waals surface area contributed by atoms with Gasteiger partial charge in [-0.3, -0.25) is 4.79 Å². The van der Waals surface area contributed by atoms with E-state index in [1.807, 2.05) is 29.2 Å². The lowest BCUT2D eigenvalue weighted by molar-refractivity contribution is -0.131. The maximum absolute atomic E-state index is 12.4. The van der Waals surface area contributed by atoms with Gasteiger partial charge in [-0.25, -0.2) is 0 Å². The number of amides is 1. The van der Waals surface area contributed by atoms with Gasteiger partial charge >= 0.3 is 0 Å². The molecular weight excluding hydrogens is 254 g/mol. The van der Waals surface area contributed by atoms with Crippen LogP contribution in [0.1, 0.15) is 19.0 Å². The fourth-order valence-corrected chi connectivity index (χ4v) is 2.97. The van der Waals surface area contributed by atoms with Crippen molar-refractivity contribution in [3.63, 3.8) is 0 Å². The predicted octanol–water partition coefficient (Wildman–Crippen LogP) is 1.57. The molecule has 1 amide bonds. The summed E-state index contributed by atoms with van der Waals surface area (Å²) in [4.78, 5) is 14.3. The molecule has 0 bridgehead atoms. The Morgan fingerprint density at radius 3 is 3.05 bits per heavy atom. The molecule has 2 aromatic rings. The molecule has 1 aromatic heterocycles. The summed E-state index contributed by atoms with van der Waals surface area (Å²) in [6.45, 7) is 3.47. The highest BCUT2D eigenvalue weighted by Gasteiger charge is 2.31. The van der Waals surface area contributed by atoms with E-state index in [0.29, 0.717) is 24.6 Å². The maximum atomic E-state index is 12.4. The molecule has 1 fully saturated rings. The van der Waals surface area contributed by atoms with E-state index in [-0.39, 0.29) is 11.9 Å². The summed E-state index contributed by atoms with van der Waals surface area (Å²) in [5, 5.41) is 4.94. The second-order valence-electron chi connectivity index (χ2n) is 5.53. The Labute approximate surface area is 117 Å². The number of fused-ring (bicyclic) bond motifs is 1. The number of rotatable bonds is 3. The molecule has 2 N–H and O–H groups in total. The van der Waals surface area contributed by atoms with Gasteiger partial charge < -0.3 is 15.2 Å². The highest BCUT2D eigenvalue weighted by molar-refractivity contribution is 5.86. The third-order valence-corrected chi connectivity index (χ3v) is 4.09. The van der Waals surface area contributed by atoms with Crippen LogP contribution in [0.4, 0.5) is 0 Å². The van der Waals surface area contributed by atoms with Crippen molar-refractivity contribution in [1.82, 2.24) is 10.1 Å². The van der Waals surface area contributed by atoms with E-state index in [4.69, 9.17) is 10.3 Å². The minimum absolute atomic E-state index is 0.104. The van der Waals surface area contributed by atoms with Crippen LogP contribution < -0.4 is 5.73 Å². The van der Waals surface area contributed by atoms with Crippen LogP contribution in [-0.2, 0) is 11.2 Å². The van der Waals surface area contributed by atoms with Gasteiger partial charge in [-0.05, 0) is 37.9 Å². The van der Waals surface area contributed by atoms with Crippen molar-refractivity contribution in [1.29, 1.82) is 0 Å². The third kappa shape index (κ3) is 2.29. The molecule has 2 unspecified atom stereocenters. The quantitative estimate of drug-likeness (QED) is 0.921. The number of aromatic nitrogens is 1. The fraction of sp³-hybridized carbons (Fsp3) is 0.467. The number of para-hydroxylation sites is 1. The van der Waals surface area contributed by atoms with Crippen molar-refractivity contribution in [3.8, 4) is 0 Å². The van der Waals surface area contributed by atoms with Crippen LogP contribution in [0.5, 0.6) is 0 Å². The van der Waals surface area contributed by atoms with Gasteiger partial charge in [-0.1, -0.05) is 17.3 Å². The van der Waals surface area contributed by atoms with E-state index in [0.717, 1.165) is 23.9 Å². The molecule has 1 aliphatic heterocycles. The van der Waals surface area contributed by atoms with Crippen LogP contribution in [0.15, 0.2) is 28.8 Å². The number of hydrogen-bond donors (Lipinski definition) is 1. The van der Waals surface area contributed by atoms with Gasteiger partial charge in [0.1, 0.15) is 5.69 Å². The molecule has 106 valence electrons. The molecule has 1 aliphatic rings. The van der Waals surface area contributed by atoms with E-state index in [9.17, 15) is 4.79 Å². The number of nitrogens with zero attached hydrogens (tertiary/aromatic N) is 2. The lowest BCUT2D eigenvalue weighted by Gasteiger charge is -2.21. The Kier molecular flexibility index (Phi) is 3.44. The summed E-state index contributed by atoms with van der Waals surface area (Å²) in [6, 6.07) is 7.88. The van der Waals surface area contributed by atoms with Gasteiger partial charge in [0.2, 0.25) is 5.91 Å². The highest BCUT2D eigenvalue weighted by Crippen LogP contribution is 2.24. The van der Waals surface area contributed by atoms with Crippen LogP contribution in [-0.4, -0.2) is 35.1 Å². The van der Waals surface area contributed by atoms with E-state index >= 15 is 0 Å². The van der Waals surface area contributed by atoms with Crippen LogP contribution in [0.2, 0.25) is 0 Å². The van der Waals surface area contributed by atoms with Crippen LogP contribution in [0.25, 0.3) is 11.0 Å². The molecule has 1 aromatic carbocycles. The summed E-state index contributed by atoms with van der Waals surface area (Å²) in [5.41, 5.74) is 7.15. The maximum Gasteiger partial charge on any atom is 0.228 e. The van der Waals surface area contributed by atoms with Crippen molar-refractivity contribution in [3.05, 3.63) is 30.0 Å². The van der Waals surface area contributed by atoms with Gasteiger partial charge in [0.05, 0.1) is 6.42 Å². The van der Waals surface area contributed by atoms with Gasteiger partial charge in [-0.2, -0.15) is 0 Å². The second-order valence-corrected chi connectivity index (χ2v) is 5.53. The molecule has 0 saturated carbocycles. The van der Waals surface area contributed by atoms with Crippen molar-refractivity contribution < 1.29 is 9.32 Å². The molecular formula is C15H19N3O2. The first kappa shape index (κ1) is 13.1.